The number of fused-ring (bicyclic) bond motifs is 1. The van der Waals surface area contributed by atoms with Crippen LogP contribution < -0.4 is 5.32 Å². The zero-order valence-electron chi connectivity index (χ0n) is 11.2. The van der Waals surface area contributed by atoms with E-state index >= 15 is 0 Å². The molecule has 3 heterocycles. The van der Waals surface area contributed by atoms with Crippen molar-refractivity contribution < 1.29 is 0 Å². The fourth-order valence-electron chi connectivity index (χ4n) is 2.20. The van der Waals surface area contributed by atoms with Gasteiger partial charge in [0.2, 0.25) is 0 Å². The minimum Gasteiger partial charge on any atom is -0.322 e. The van der Waals surface area contributed by atoms with Gasteiger partial charge < -0.3 is 5.32 Å². The van der Waals surface area contributed by atoms with E-state index in [9.17, 15) is 0 Å². The van der Waals surface area contributed by atoms with Crippen LogP contribution in [0.5, 0.6) is 0 Å². The molecule has 0 saturated carbocycles. The molecule has 3 aromatic heterocycles. The van der Waals surface area contributed by atoms with Crippen LogP contribution in [-0.2, 0) is 0 Å². The molecule has 0 fully saturated rings. The summed E-state index contributed by atoms with van der Waals surface area (Å²) < 4.78 is 1.00. The SMILES string of the molecule is Clc1ccccc1-c1cc(Nc2ncnc3ccsc23)n[nH]1. The largest absolute Gasteiger partial charge is 0.322 e. The third kappa shape index (κ3) is 2.32. The van der Waals surface area contributed by atoms with Gasteiger partial charge in [-0.05, 0) is 17.5 Å². The van der Waals surface area contributed by atoms with E-state index in [1.807, 2.05) is 41.8 Å². The van der Waals surface area contributed by atoms with Crippen LogP contribution in [0, 0.1) is 0 Å². The van der Waals surface area contributed by atoms with E-state index in [0.29, 0.717) is 10.8 Å². The third-order valence-corrected chi connectivity index (χ3v) is 4.47. The summed E-state index contributed by atoms with van der Waals surface area (Å²) in [5.41, 5.74) is 2.68. The molecule has 0 unspecified atom stereocenters. The van der Waals surface area contributed by atoms with Gasteiger partial charge >= 0.3 is 0 Å². The maximum Gasteiger partial charge on any atom is 0.153 e. The lowest BCUT2D eigenvalue weighted by molar-refractivity contribution is 1.09. The van der Waals surface area contributed by atoms with Crippen LogP contribution in [-0.4, -0.2) is 20.2 Å². The van der Waals surface area contributed by atoms with Gasteiger partial charge in [0.1, 0.15) is 6.33 Å². The molecule has 0 radical (unpaired) electrons. The predicted octanol–water partition coefficient (Wildman–Crippen LogP) is 4.48. The lowest BCUT2D eigenvalue weighted by Crippen LogP contribution is -1.94. The van der Waals surface area contributed by atoms with Gasteiger partial charge in [-0.15, -0.1) is 11.3 Å². The first-order valence-electron chi connectivity index (χ1n) is 6.57. The van der Waals surface area contributed by atoms with Crippen molar-refractivity contribution in [2.24, 2.45) is 0 Å². The number of aromatic amines is 1. The van der Waals surface area contributed by atoms with E-state index in [0.717, 1.165) is 27.3 Å². The van der Waals surface area contributed by atoms with E-state index in [1.54, 1.807) is 17.7 Å². The molecule has 1 aromatic carbocycles. The summed E-state index contributed by atoms with van der Waals surface area (Å²) in [6.07, 6.45) is 1.54. The highest BCUT2D eigenvalue weighted by atomic mass is 35.5. The van der Waals surface area contributed by atoms with Gasteiger partial charge in [-0.25, -0.2) is 9.97 Å². The average molecular weight is 328 g/mol. The van der Waals surface area contributed by atoms with E-state index in [4.69, 9.17) is 11.6 Å². The fourth-order valence-corrected chi connectivity index (χ4v) is 3.23. The number of nitrogens with one attached hydrogen (secondary N) is 2. The second-order valence-corrected chi connectivity index (χ2v) is 5.95. The lowest BCUT2D eigenvalue weighted by Gasteiger charge is -2.02. The quantitative estimate of drug-likeness (QED) is 0.582. The summed E-state index contributed by atoms with van der Waals surface area (Å²) in [4.78, 5) is 8.50. The minimum absolute atomic E-state index is 0.681. The first kappa shape index (κ1) is 13.2. The highest BCUT2D eigenvalue weighted by Gasteiger charge is 2.10. The number of hydrogen-bond donors (Lipinski definition) is 2. The third-order valence-electron chi connectivity index (χ3n) is 3.23. The van der Waals surface area contributed by atoms with Crippen LogP contribution in [0.15, 0.2) is 48.1 Å². The molecule has 0 saturated heterocycles. The molecule has 2 N–H and O–H groups in total. The van der Waals surface area contributed by atoms with Crippen molar-refractivity contribution in [2.75, 3.05) is 5.32 Å². The summed E-state index contributed by atoms with van der Waals surface area (Å²) in [5, 5.41) is 13.1. The summed E-state index contributed by atoms with van der Waals surface area (Å²) in [6.45, 7) is 0. The number of aromatic nitrogens is 4. The second-order valence-electron chi connectivity index (χ2n) is 4.63. The van der Waals surface area contributed by atoms with Gasteiger partial charge in [0.05, 0.1) is 15.9 Å². The van der Waals surface area contributed by atoms with Crippen molar-refractivity contribution in [3.05, 3.63) is 53.1 Å². The number of hydrogen-bond acceptors (Lipinski definition) is 5. The molecule has 4 aromatic rings. The van der Waals surface area contributed by atoms with E-state index in [2.05, 4.69) is 25.5 Å². The number of halogens is 1. The maximum atomic E-state index is 6.20. The number of H-pyrrole nitrogens is 1. The molecule has 0 spiro atoms. The Morgan fingerprint density at radius 1 is 1.14 bits per heavy atom. The van der Waals surface area contributed by atoms with Crippen molar-refractivity contribution >= 4 is 44.8 Å². The van der Waals surface area contributed by atoms with Crippen LogP contribution in [0.3, 0.4) is 0 Å². The highest BCUT2D eigenvalue weighted by molar-refractivity contribution is 7.17. The van der Waals surface area contributed by atoms with Crippen molar-refractivity contribution in [3.8, 4) is 11.3 Å². The number of thiophene rings is 1. The van der Waals surface area contributed by atoms with Crippen molar-refractivity contribution in [2.45, 2.75) is 0 Å². The highest BCUT2D eigenvalue weighted by Crippen LogP contribution is 2.30. The summed E-state index contributed by atoms with van der Waals surface area (Å²) in [6, 6.07) is 11.5. The number of anilines is 2. The Morgan fingerprint density at radius 3 is 2.95 bits per heavy atom. The number of rotatable bonds is 3. The van der Waals surface area contributed by atoms with Crippen LogP contribution >= 0.6 is 22.9 Å². The number of nitrogens with zero attached hydrogens (tertiary/aromatic N) is 3. The van der Waals surface area contributed by atoms with E-state index < -0.39 is 0 Å². The van der Waals surface area contributed by atoms with Crippen LogP contribution in [0.4, 0.5) is 11.6 Å². The Morgan fingerprint density at radius 2 is 2.05 bits per heavy atom. The molecular formula is C15H10ClN5S. The van der Waals surface area contributed by atoms with Crippen LogP contribution in [0.25, 0.3) is 21.5 Å². The van der Waals surface area contributed by atoms with Gasteiger partial charge in [-0.3, -0.25) is 5.10 Å². The second kappa shape index (κ2) is 5.40. The average Bonchev–Trinajstić information content (AvgIpc) is 3.17. The zero-order valence-corrected chi connectivity index (χ0v) is 12.8. The van der Waals surface area contributed by atoms with Gasteiger partial charge in [0.15, 0.2) is 11.6 Å². The van der Waals surface area contributed by atoms with Gasteiger partial charge in [-0.2, -0.15) is 5.10 Å². The Hall–Kier alpha value is -2.44. The van der Waals surface area contributed by atoms with Crippen molar-refractivity contribution in [1.29, 1.82) is 0 Å². The Kier molecular flexibility index (Phi) is 3.25. The molecule has 108 valence electrons. The molecule has 0 bridgehead atoms. The van der Waals surface area contributed by atoms with Gasteiger partial charge in [-0.1, -0.05) is 29.8 Å². The molecule has 4 rings (SSSR count). The molecular weight excluding hydrogens is 318 g/mol. The lowest BCUT2D eigenvalue weighted by atomic mass is 10.1. The standard InChI is InChI=1S/C15H10ClN5S/c16-10-4-2-1-3-9(10)12-7-13(21-20-12)19-15-14-11(5-6-22-14)17-8-18-15/h1-8H,(H2,17,18,19,20,21). The number of benzene rings is 1. The van der Waals surface area contributed by atoms with E-state index in [-0.39, 0.29) is 0 Å². The van der Waals surface area contributed by atoms with Crippen molar-refractivity contribution in [1.82, 2.24) is 20.2 Å². The summed E-state index contributed by atoms with van der Waals surface area (Å²) >= 11 is 7.80. The smallest absolute Gasteiger partial charge is 0.153 e. The normalized spacial score (nSPS) is 11.0. The molecule has 0 aliphatic carbocycles. The molecule has 7 heteroatoms. The van der Waals surface area contributed by atoms with Crippen molar-refractivity contribution in [3.63, 3.8) is 0 Å². The molecule has 0 aliphatic heterocycles. The topological polar surface area (TPSA) is 66.5 Å². The maximum absolute atomic E-state index is 6.20. The Labute approximate surface area is 135 Å². The zero-order chi connectivity index (χ0) is 14.9. The summed E-state index contributed by atoms with van der Waals surface area (Å²) in [5.74, 6) is 1.43. The fraction of sp³-hybridized carbons (Fsp3) is 0. The first-order chi connectivity index (χ1) is 10.8. The molecule has 22 heavy (non-hydrogen) atoms. The predicted molar refractivity (Wildman–Crippen MR) is 89.7 cm³/mol. The van der Waals surface area contributed by atoms with E-state index in [1.165, 1.54) is 0 Å². The monoisotopic (exact) mass is 327 g/mol. The summed E-state index contributed by atoms with van der Waals surface area (Å²) in [7, 11) is 0. The molecule has 0 amide bonds. The van der Waals surface area contributed by atoms with Gasteiger partial charge in [0.25, 0.3) is 0 Å². The minimum atomic E-state index is 0.681. The molecule has 0 aliphatic rings. The Balaban J connectivity index is 1.68. The molecule has 0 atom stereocenters. The van der Waals surface area contributed by atoms with Crippen LogP contribution in [0.1, 0.15) is 0 Å². The molecule has 5 nitrogen and oxygen atoms in total. The van der Waals surface area contributed by atoms with Gasteiger partial charge in [0, 0.05) is 16.7 Å². The Bertz CT molecular complexity index is 946. The first-order valence-corrected chi connectivity index (χ1v) is 7.82. The van der Waals surface area contributed by atoms with Crippen LogP contribution in [0.2, 0.25) is 5.02 Å².